The first kappa shape index (κ1) is 16.7. The van der Waals surface area contributed by atoms with Gasteiger partial charge in [0, 0.05) is 17.7 Å². The first-order chi connectivity index (χ1) is 12.1. The number of anilines is 2. The van der Waals surface area contributed by atoms with E-state index in [2.05, 4.69) is 10.6 Å². The first-order valence-corrected chi connectivity index (χ1v) is 8.00. The summed E-state index contributed by atoms with van der Waals surface area (Å²) in [4.78, 5) is 36.0. The molecule has 0 spiro atoms. The third-order valence-corrected chi connectivity index (χ3v) is 4.07. The summed E-state index contributed by atoms with van der Waals surface area (Å²) < 4.78 is 4.73. The molecular weight excluding hydrogens is 320 g/mol. The number of carbonyl (C=O) groups is 3. The van der Waals surface area contributed by atoms with Crippen LogP contribution in [0.5, 0.6) is 0 Å². The maximum atomic E-state index is 12.6. The van der Waals surface area contributed by atoms with Gasteiger partial charge in [0.15, 0.2) is 0 Å². The smallest absolute Gasteiger partial charge is 0.339 e. The van der Waals surface area contributed by atoms with Crippen LogP contribution in [0, 0.1) is 0 Å². The Morgan fingerprint density at radius 3 is 2.72 bits per heavy atom. The molecule has 2 aromatic carbocycles. The number of amides is 2. The number of hydrogen-bond acceptors (Lipinski definition) is 4. The third-order valence-electron chi connectivity index (χ3n) is 4.07. The number of rotatable bonds is 3. The van der Waals surface area contributed by atoms with E-state index < -0.39 is 5.97 Å². The van der Waals surface area contributed by atoms with Gasteiger partial charge >= 0.3 is 5.97 Å². The number of carbonyl (C=O) groups excluding carboxylic acids is 3. The summed E-state index contributed by atoms with van der Waals surface area (Å²) in [6, 6.07) is 11.8. The molecule has 2 amide bonds. The summed E-state index contributed by atoms with van der Waals surface area (Å²) in [7, 11) is 1.29. The molecule has 0 atom stereocenters. The molecule has 0 aromatic heterocycles. The molecule has 6 heteroatoms. The Balaban J connectivity index is 1.84. The largest absolute Gasteiger partial charge is 0.465 e. The van der Waals surface area contributed by atoms with Crippen LogP contribution in [-0.2, 0) is 16.0 Å². The Labute approximate surface area is 145 Å². The molecule has 0 saturated heterocycles. The lowest BCUT2D eigenvalue weighted by Gasteiger charge is -2.12. The second-order valence-electron chi connectivity index (χ2n) is 5.76. The molecule has 1 aliphatic heterocycles. The van der Waals surface area contributed by atoms with Gasteiger partial charge in [-0.2, -0.15) is 0 Å². The summed E-state index contributed by atoms with van der Waals surface area (Å²) in [5, 5.41) is 5.58. The number of aryl methyl sites for hydroxylation is 1. The van der Waals surface area contributed by atoms with E-state index in [1.54, 1.807) is 42.5 Å². The van der Waals surface area contributed by atoms with Crippen LogP contribution in [0.4, 0.5) is 11.4 Å². The number of benzene rings is 2. The highest BCUT2D eigenvalue weighted by Gasteiger charge is 2.17. The van der Waals surface area contributed by atoms with Gasteiger partial charge in [-0.1, -0.05) is 12.1 Å². The normalized spacial score (nSPS) is 13.2. The number of para-hydroxylation sites is 1. The van der Waals surface area contributed by atoms with Gasteiger partial charge < -0.3 is 15.4 Å². The molecule has 3 rings (SSSR count). The van der Waals surface area contributed by atoms with Crippen molar-refractivity contribution in [3.8, 4) is 0 Å². The highest BCUT2D eigenvalue weighted by molar-refractivity contribution is 6.08. The molecule has 0 saturated carbocycles. The molecule has 1 heterocycles. The molecule has 0 unspecified atom stereocenters. The molecular formula is C19H18N2O4. The molecule has 6 nitrogen and oxygen atoms in total. The zero-order chi connectivity index (χ0) is 17.8. The van der Waals surface area contributed by atoms with Crippen LogP contribution in [0.3, 0.4) is 0 Å². The Bertz CT molecular complexity index is 845. The SMILES string of the molecule is COC(=O)c1ccccc1NC(=O)c1ccc2c(c1)CCCC(=O)N2. The fraction of sp³-hybridized carbons (Fsp3) is 0.211. The Morgan fingerprint density at radius 2 is 1.92 bits per heavy atom. The molecule has 128 valence electrons. The minimum absolute atomic E-state index is 0.0112. The Morgan fingerprint density at radius 1 is 1.12 bits per heavy atom. The van der Waals surface area contributed by atoms with Gasteiger partial charge in [-0.25, -0.2) is 4.79 Å². The molecule has 1 aliphatic rings. The van der Waals surface area contributed by atoms with Gasteiger partial charge in [0.2, 0.25) is 5.91 Å². The maximum Gasteiger partial charge on any atom is 0.339 e. The summed E-state index contributed by atoms with van der Waals surface area (Å²) in [5.41, 5.74) is 2.83. The summed E-state index contributed by atoms with van der Waals surface area (Å²) in [6.45, 7) is 0. The topological polar surface area (TPSA) is 84.5 Å². The first-order valence-electron chi connectivity index (χ1n) is 8.00. The summed E-state index contributed by atoms with van der Waals surface area (Å²) in [6.07, 6.45) is 1.95. The Kier molecular flexibility index (Phi) is 4.79. The molecule has 0 bridgehead atoms. The van der Waals surface area contributed by atoms with Crippen LogP contribution >= 0.6 is 0 Å². The lowest BCUT2D eigenvalue weighted by Crippen LogP contribution is -2.16. The predicted octanol–water partition coefficient (Wildman–Crippen LogP) is 3.00. The van der Waals surface area contributed by atoms with Gasteiger partial charge in [0.1, 0.15) is 0 Å². The zero-order valence-electron chi connectivity index (χ0n) is 13.8. The van der Waals surface area contributed by atoms with Gasteiger partial charge in [-0.15, -0.1) is 0 Å². The van der Waals surface area contributed by atoms with Crippen LogP contribution in [0.1, 0.15) is 39.1 Å². The Hall–Kier alpha value is -3.15. The fourth-order valence-electron chi connectivity index (χ4n) is 2.79. The van der Waals surface area contributed by atoms with Crippen molar-refractivity contribution in [2.75, 3.05) is 17.7 Å². The van der Waals surface area contributed by atoms with Crippen LogP contribution in [0.15, 0.2) is 42.5 Å². The van der Waals surface area contributed by atoms with Crippen molar-refractivity contribution >= 4 is 29.2 Å². The quantitative estimate of drug-likeness (QED) is 0.843. The monoisotopic (exact) mass is 338 g/mol. The fourth-order valence-corrected chi connectivity index (χ4v) is 2.79. The van der Waals surface area contributed by atoms with E-state index in [1.807, 2.05) is 0 Å². The van der Waals surface area contributed by atoms with Gasteiger partial charge in [-0.3, -0.25) is 9.59 Å². The maximum absolute atomic E-state index is 12.6. The van der Waals surface area contributed by atoms with Crippen molar-refractivity contribution in [2.24, 2.45) is 0 Å². The average Bonchev–Trinajstić information content (AvgIpc) is 2.81. The van der Waals surface area contributed by atoms with Crippen molar-refractivity contribution in [3.63, 3.8) is 0 Å². The average molecular weight is 338 g/mol. The third kappa shape index (κ3) is 3.68. The van der Waals surface area contributed by atoms with E-state index >= 15 is 0 Å². The number of fused-ring (bicyclic) bond motifs is 1. The molecule has 0 aliphatic carbocycles. The number of hydrogen-bond donors (Lipinski definition) is 2. The van der Waals surface area contributed by atoms with Crippen molar-refractivity contribution in [2.45, 2.75) is 19.3 Å². The molecule has 0 fully saturated rings. The second kappa shape index (κ2) is 7.17. The lowest BCUT2D eigenvalue weighted by atomic mass is 10.0. The number of nitrogens with one attached hydrogen (secondary N) is 2. The van der Waals surface area contributed by atoms with E-state index in [1.165, 1.54) is 7.11 Å². The molecule has 2 N–H and O–H groups in total. The standard InChI is InChI=1S/C19H18N2O4/c1-25-19(24)14-6-2-3-7-16(14)21-18(23)13-9-10-15-12(11-13)5-4-8-17(22)20-15/h2-3,6-7,9-11H,4-5,8H2,1H3,(H,20,22)(H,21,23). The van der Waals surface area contributed by atoms with E-state index in [0.717, 1.165) is 24.1 Å². The van der Waals surface area contributed by atoms with E-state index in [9.17, 15) is 14.4 Å². The van der Waals surface area contributed by atoms with Crippen molar-refractivity contribution in [3.05, 3.63) is 59.2 Å². The summed E-state index contributed by atoms with van der Waals surface area (Å²) in [5.74, 6) is -0.849. The highest BCUT2D eigenvalue weighted by atomic mass is 16.5. The lowest BCUT2D eigenvalue weighted by molar-refractivity contribution is -0.116. The van der Waals surface area contributed by atoms with E-state index in [0.29, 0.717) is 23.2 Å². The number of ether oxygens (including phenoxy) is 1. The van der Waals surface area contributed by atoms with E-state index in [4.69, 9.17) is 4.74 Å². The number of esters is 1. The highest BCUT2D eigenvalue weighted by Crippen LogP contribution is 2.24. The predicted molar refractivity (Wildman–Crippen MR) is 93.7 cm³/mol. The minimum Gasteiger partial charge on any atom is -0.465 e. The van der Waals surface area contributed by atoms with Crippen LogP contribution in [0.2, 0.25) is 0 Å². The van der Waals surface area contributed by atoms with Crippen molar-refractivity contribution in [1.82, 2.24) is 0 Å². The zero-order valence-corrected chi connectivity index (χ0v) is 13.8. The van der Waals surface area contributed by atoms with Gasteiger partial charge in [0.25, 0.3) is 5.91 Å². The van der Waals surface area contributed by atoms with Crippen molar-refractivity contribution in [1.29, 1.82) is 0 Å². The van der Waals surface area contributed by atoms with Gasteiger partial charge in [-0.05, 0) is 48.7 Å². The van der Waals surface area contributed by atoms with Crippen LogP contribution in [0.25, 0.3) is 0 Å². The van der Waals surface area contributed by atoms with Crippen LogP contribution < -0.4 is 10.6 Å². The number of methoxy groups -OCH3 is 1. The molecule has 0 radical (unpaired) electrons. The minimum atomic E-state index is -0.513. The molecule has 25 heavy (non-hydrogen) atoms. The summed E-state index contributed by atoms with van der Waals surface area (Å²) >= 11 is 0. The van der Waals surface area contributed by atoms with E-state index in [-0.39, 0.29) is 11.8 Å². The molecule has 2 aromatic rings. The van der Waals surface area contributed by atoms with Crippen LogP contribution in [-0.4, -0.2) is 24.9 Å². The van der Waals surface area contributed by atoms with Crippen molar-refractivity contribution < 1.29 is 19.1 Å². The second-order valence-corrected chi connectivity index (χ2v) is 5.76. The van der Waals surface area contributed by atoms with Gasteiger partial charge in [0.05, 0.1) is 18.4 Å².